The topological polar surface area (TPSA) is 90.0 Å². The molecule has 4 rings (SSSR count). The Morgan fingerprint density at radius 2 is 2.03 bits per heavy atom. The average Bonchev–Trinajstić information content (AvgIpc) is 3.16. The fourth-order valence-electron chi connectivity index (χ4n) is 4.13. The van der Waals surface area contributed by atoms with E-state index in [0.29, 0.717) is 23.1 Å². The van der Waals surface area contributed by atoms with Crippen molar-refractivity contribution in [3.63, 3.8) is 0 Å². The van der Waals surface area contributed by atoms with Gasteiger partial charge in [-0.3, -0.25) is 14.2 Å². The molecule has 2 aromatic heterocycles. The summed E-state index contributed by atoms with van der Waals surface area (Å²) in [7, 11) is 0. The van der Waals surface area contributed by atoms with Crippen LogP contribution in [0.5, 0.6) is 0 Å². The van der Waals surface area contributed by atoms with Crippen molar-refractivity contribution >= 4 is 17.0 Å². The molecule has 1 saturated carbocycles. The maximum atomic E-state index is 13.2. The molecular weight excluding hydrogens is 387 g/mol. The predicted molar refractivity (Wildman–Crippen MR) is 110 cm³/mol. The number of nitrogens with zero attached hydrogens (tertiary/aromatic N) is 3. The molecule has 1 N–H and O–H groups in total. The van der Waals surface area contributed by atoms with E-state index >= 15 is 0 Å². The molecule has 0 spiro atoms. The standard InChI is InChI=1S/C22H25FN4O3/c1-13-4-3-5-17(14(13)2)25-18(28)10-11-27-12-24-21-19(22(27)29)20(26-30-21)15-6-8-16(23)9-7-15/h6-9,12-14,17H,3-5,10-11H2,1-2H3,(H,25,28)/t13-,14+,17+/m1/s1. The Labute approximate surface area is 173 Å². The van der Waals surface area contributed by atoms with Crippen molar-refractivity contribution in [2.45, 2.75) is 52.1 Å². The molecule has 0 aliphatic heterocycles. The lowest BCUT2D eigenvalue weighted by atomic mass is 9.78. The van der Waals surface area contributed by atoms with Crippen LogP contribution in [0.2, 0.25) is 0 Å². The maximum absolute atomic E-state index is 13.2. The molecule has 1 aromatic carbocycles. The van der Waals surface area contributed by atoms with E-state index in [1.54, 1.807) is 0 Å². The van der Waals surface area contributed by atoms with E-state index in [-0.39, 0.29) is 47.4 Å². The van der Waals surface area contributed by atoms with Gasteiger partial charge in [0.1, 0.15) is 23.2 Å². The van der Waals surface area contributed by atoms with Gasteiger partial charge < -0.3 is 9.84 Å². The summed E-state index contributed by atoms with van der Waals surface area (Å²) in [5.74, 6) is 0.585. The minimum atomic E-state index is -0.380. The number of nitrogens with one attached hydrogen (secondary N) is 1. The molecule has 3 aromatic rings. The van der Waals surface area contributed by atoms with Gasteiger partial charge in [0.05, 0.1) is 0 Å². The third-order valence-electron chi connectivity index (χ3n) is 6.21. The summed E-state index contributed by atoms with van der Waals surface area (Å²) >= 11 is 0. The van der Waals surface area contributed by atoms with Crippen LogP contribution in [0.4, 0.5) is 4.39 Å². The highest BCUT2D eigenvalue weighted by Crippen LogP contribution is 2.29. The van der Waals surface area contributed by atoms with Crippen LogP contribution >= 0.6 is 0 Å². The monoisotopic (exact) mass is 412 g/mol. The molecule has 158 valence electrons. The summed E-state index contributed by atoms with van der Waals surface area (Å²) in [5.41, 5.74) is 0.648. The van der Waals surface area contributed by atoms with Gasteiger partial charge in [0.25, 0.3) is 11.3 Å². The second kappa shape index (κ2) is 8.38. The molecule has 2 heterocycles. The number of hydrogen-bond acceptors (Lipinski definition) is 5. The van der Waals surface area contributed by atoms with E-state index in [1.165, 1.54) is 41.6 Å². The molecule has 0 bridgehead atoms. The normalized spacial score (nSPS) is 21.6. The second-order valence-electron chi connectivity index (χ2n) is 8.15. The highest BCUT2D eigenvalue weighted by molar-refractivity contribution is 5.88. The van der Waals surface area contributed by atoms with Gasteiger partial charge in [0.15, 0.2) is 0 Å². The summed E-state index contributed by atoms with van der Waals surface area (Å²) in [6.07, 6.45) is 4.86. The zero-order valence-corrected chi connectivity index (χ0v) is 17.1. The molecule has 7 nitrogen and oxygen atoms in total. The van der Waals surface area contributed by atoms with Crippen molar-refractivity contribution in [3.8, 4) is 11.3 Å². The van der Waals surface area contributed by atoms with Crippen LogP contribution in [0.3, 0.4) is 0 Å². The number of hydrogen-bond donors (Lipinski definition) is 1. The van der Waals surface area contributed by atoms with Crippen LogP contribution in [0.25, 0.3) is 22.4 Å². The van der Waals surface area contributed by atoms with Gasteiger partial charge in [0, 0.05) is 24.6 Å². The number of fused-ring (bicyclic) bond motifs is 1. The number of carbonyl (C=O) groups is 1. The third-order valence-corrected chi connectivity index (χ3v) is 6.21. The van der Waals surface area contributed by atoms with E-state index in [4.69, 9.17) is 4.52 Å². The SMILES string of the molecule is C[C@H]1[C@H](C)CCC[C@@H]1NC(=O)CCn1cnc2onc(-c3ccc(F)cc3)c2c1=O. The van der Waals surface area contributed by atoms with Crippen LogP contribution in [0.15, 0.2) is 39.9 Å². The molecule has 1 aliphatic carbocycles. The van der Waals surface area contributed by atoms with Gasteiger partial charge in [-0.2, -0.15) is 0 Å². The quantitative estimate of drug-likeness (QED) is 0.692. The Hall–Kier alpha value is -3.03. The van der Waals surface area contributed by atoms with E-state index < -0.39 is 0 Å². The number of rotatable bonds is 5. The van der Waals surface area contributed by atoms with Crippen LogP contribution in [-0.4, -0.2) is 26.7 Å². The average molecular weight is 412 g/mol. The highest BCUT2D eigenvalue weighted by atomic mass is 19.1. The molecule has 0 saturated heterocycles. The minimum absolute atomic E-state index is 0.0722. The van der Waals surface area contributed by atoms with Crippen LogP contribution < -0.4 is 10.9 Å². The number of amides is 1. The Morgan fingerprint density at radius 3 is 2.80 bits per heavy atom. The smallest absolute Gasteiger partial charge is 0.266 e. The van der Waals surface area contributed by atoms with Crippen molar-refractivity contribution in [2.24, 2.45) is 11.8 Å². The lowest BCUT2D eigenvalue weighted by molar-refractivity contribution is -0.122. The number of benzene rings is 1. The van der Waals surface area contributed by atoms with Gasteiger partial charge >= 0.3 is 0 Å². The first-order valence-corrected chi connectivity index (χ1v) is 10.3. The van der Waals surface area contributed by atoms with Crippen molar-refractivity contribution in [3.05, 3.63) is 46.8 Å². The molecule has 0 unspecified atom stereocenters. The number of halogens is 1. The summed E-state index contributed by atoms with van der Waals surface area (Å²) in [5, 5.41) is 7.28. The number of aromatic nitrogens is 3. The third kappa shape index (κ3) is 3.99. The summed E-state index contributed by atoms with van der Waals surface area (Å²) in [6, 6.07) is 5.83. The summed E-state index contributed by atoms with van der Waals surface area (Å²) in [4.78, 5) is 29.6. The first-order chi connectivity index (χ1) is 14.4. The highest BCUT2D eigenvalue weighted by Gasteiger charge is 2.28. The molecule has 0 radical (unpaired) electrons. The van der Waals surface area contributed by atoms with Gasteiger partial charge in [-0.05, 0) is 42.5 Å². The predicted octanol–water partition coefficient (Wildman–Crippen LogP) is 3.52. The van der Waals surface area contributed by atoms with Crippen molar-refractivity contribution in [1.82, 2.24) is 20.0 Å². The van der Waals surface area contributed by atoms with Gasteiger partial charge in [-0.15, -0.1) is 0 Å². The van der Waals surface area contributed by atoms with E-state index in [9.17, 15) is 14.0 Å². The molecule has 8 heteroatoms. The second-order valence-corrected chi connectivity index (χ2v) is 8.15. The van der Waals surface area contributed by atoms with Crippen molar-refractivity contribution in [2.75, 3.05) is 0 Å². The molecule has 1 aliphatic rings. The molecule has 1 fully saturated rings. The van der Waals surface area contributed by atoms with E-state index in [2.05, 4.69) is 29.3 Å². The van der Waals surface area contributed by atoms with Crippen molar-refractivity contribution in [1.29, 1.82) is 0 Å². The van der Waals surface area contributed by atoms with Gasteiger partial charge in [-0.1, -0.05) is 31.8 Å². The molecule has 3 atom stereocenters. The largest absolute Gasteiger partial charge is 0.353 e. The van der Waals surface area contributed by atoms with E-state index in [0.717, 1.165) is 12.8 Å². The fraction of sp³-hybridized carbons (Fsp3) is 0.455. The summed E-state index contributed by atoms with van der Waals surface area (Å²) in [6.45, 7) is 4.61. The molecule has 1 amide bonds. The zero-order valence-electron chi connectivity index (χ0n) is 17.1. The number of aryl methyl sites for hydroxylation is 1. The Kier molecular flexibility index (Phi) is 5.65. The Balaban J connectivity index is 1.50. The zero-order chi connectivity index (χ0) is 21.3. The molecule has 30 heavy (non-hydrogen) atoms. The Morgan fingerprint density at radius 1 is 1.27 bits per heavy atom. The Bertz CT molecular complexity index is 1110. The lowest BCUT2D eigenvalue weighted by Crippen LogP contribution is -2.44. The molecular formula is C22H25FN4O3. The van der Waals surface area contributed by atoms with Gasteiger partial charge in [0.2, 0.25) is 5.91 Å². The first kappa shape index (κ1) is 20.3. The van der Waals surface area contributed by atoms with Crippen molar-refractivity contribution < 1.29 is 13.7 Å². The first-order valence-electron chi connectivity index (χ1n) is 10.3. The van der Waals surface area contributed by atoms with E-state index in [1.807, 2.05) is 0 Å². The maximum Gasteiger partial charge on any atom is 0.266 e. The lowest BCUT2D eigenvalue weighted by Gasteiger charge is -2.34. The minimum Gasteiger partial charge on any atom is -0.353 e. The van der Waals surface area contributed by atoms with Crippen LogP contribution in [0.1, 0.15) is 39.5 Å². The number of carbonyl (C=O) groups excluding carboxylic acids is 1. The summed E-state index contributed by atoms with van der Waals surface area (Å²) < 4.78 is 19.8. The van der Waals surface area contributed by atoms with Crippen LogP contribution in [0, 0.1) is 17.7 Å². The van der Waals surface area contributed by atoms with Crippen LogP contribution in [-0.2, 0) is 11.3 Å². The fourth-order valence-corrected chi connectivity index (χ4v) is 4.13. The van der Waals surface area contributed by atoms with Gasteiger partial charge in [-0.25, -0.2) is 9.37 Å².